The van der Waals surface area contributed by atoms with Crippen molar-refractivity contribution in [3.8, 4) is 0 Å². The first-order valence-corrected chi connectivity index (χ1v) is 18.9. The molecule has 1 aliphatic carbocycles. The van der Waals surface area contributed by atoms with E-state index in [9.17, 15) is 23.1 Å². The maximum atomic E-state index is 14.1. The van der Waals surface area contributed by atoms with Crippen molar-refractivity contribution in [2.75, 3.05) is 19.3 Å². The van der Waals surface area contributed by atoms with E-state index in [1.165, 1.54) is 26.7 Å². The lowest BCUT2D eigenvalue weighted by Crippen LogP contribution is -2.63. The van der Waals surface area contributed by atoms with E-state index in [2.05, 4.69) is 30.8 Å². The molecule has 2 aromatic rings. The predicted octanol–water partition coefficient (Wildman–Crippen LogP) is 2.88. The highest BCUT2D eigenvalue weighted by Gasteiger charge is 2.45. The number of aliphatic hydroxyl groups is 1. The van der Waals surface area contributed by atoms with E-state index in [0.29, 0.717) is 30.5 Å². The molecule has 6 atom stereocenters. The van der Waals surface area contributed by atoms with Crippen LogP contribution in [0.3, 0.4) is 0 Å². The molecule has 1 aromatic heterocycles. The van der Waals surface area contributed by atoms with Crippen molar-refractivity contribution < 1.29 is 23.1 Å². The number of hydrogen-bond acceptors (Lipinski definition) is 8. The van der Waals surface area contributed by atoms with Gasteiger partial charge in [-0.05, 0) is 78.2 Å². The minimum absolute atomic E-state index is 0.0369. The zero-order valence-corrected chi connectivity index (χ0v) is 30.0. The molecule has 1 aromatic carbocycles. The molecular formula is C35H56N6O5S. The molecule has 0 bridgehead atoms. The van der Waals surface area contributed by atoms with Crippen molar-refractivity contribution in [1.29, 1.82) is 0 Å². The Balaban J connectivity index is 1.60. The number of aryl methyl sites for hydroxylation is 1. The Morgan fingerprint density at radius 2 is 1.74 bits per heavy atom. The summed E-state index contributed by atoms with van der Waals surface area (Å²) in [5.74, 6) is 0.383. The van der Waals surface area contributed by atoms with Gasteiger partial charge in [-0.25, -0.2) is 13.4 Å². The third-order valence-electron chi connectivity index (χ3n) is 10.1. The van der Waals surface area contributed by atoms with Crippen LogP contribution in [0.5, 0.6) is 0 Å². The molecule has 11 nitrogen and oxygen atoms in total. The van der Waals surface area contributed by atoms with E-state index < -0.39 is 44.2 Å². The highest BCUT2D eigenvalue weighted by Crippen LogP contribution is 2.39. The first-order valence-electron chi connectivity index (χ1n) is 17.0. The smallest absolute Gasteiger partial charge is 0.239 e. The van der Waals surface area contributed by atoms with Crippen LogP contribution in [0.1, 0.15) is 83.7 Å². The number of aromatic amines is 1. The molecule has 2 aliphatic rings. The number of β-amino-alcohol motifs (C(OH)–C–C–N with tert-alkyl or cyclic N) is 1. The Hall–Kier alpha value is -2.80. The Morgan fingerprint density at radius 1 is 1.09 bits per heavy atom. The fraction of sp³-hybridized carbons (Fsp3) is 0.686. The molecule has 47 heavy (non-hydrogen) atoms. The maximum Gasteiger partial charge on any atom is 0.239 e. The topological polar surface area (TPSA) is 157 Å². The van der Waals surface area contributed by atoms with Gasteiger partial charge in [0.1, 0.15) is 6.04 Å². The number of nitrogens with zero attached hydrogens (tertiary/aromatic N) is 2. The SMILES string of the molecule is Cc1[nH]cnc1CN[C@H](C(=O)N[C@@H](Cc1ccccc1)[C@H](O)CN1C[C@H]2CCCC[C@H]2C[C@H]1C(=O)NC(C)(C)C)C(C)(C)S(C)(=O)=O. The highest BCUT2D eigenvalue weighted by atomic mass is 32.2. The Labute approximate surface area is 281 Å². The van der Waals surface area contributed by atoms with Gasteiger partial charge in [-0.15, -0.1) is 0 Å². The summed E-state index contributed by atoms with van der Waals surface area (Å²) < 4.78 is 24.5. The fourth-order valence-electron chi connectivity index (χ4n) is 7.04. The highest BCUT2D eigenvalue weighted by molar-refractivity contribution is 7.92. The molecule has 0 radical (unpaired) electrons. The second-order valence-electron chi connectivity index (χ2n) is 15.3. The van der Waals surface area contributed by atoms with Gasteiger partial charge in [-0.1, -0.05) is 49.6 Å². The summed E-state index contributed by atoms with van der Waals surface area (Å²) in [6.07, 6.45) is 7.32. The van der Waals surface area contributed by atoms with Gasteiger partial charge >= 0.3 is 0 Å². The quantitative estimate of drug-likeness (QED) is 0.218. The number of carbonyl (C=O) groups is 2. The lowest BCUT2D eigenvalue weighted by Gasteiger charge is -2.47. The van der Waals surface area contributed by atoms with Gasteiger partial charge in [0.15, 0.2) is 9.84 Å². The standard InChI is InChI=1S/C35H56N6O5S/c1-23-28(38-22-37-23)19-36-31(35(5,6)47(7,45)46)33(44)39-27(17-24-13-9-8-10-14-24)30(42)21-41-20-26-16-12-11-15-25(26)18-29(41)32(43)40-34(2,3)4/h8-10,13-14,22,25-27,29-31,36,42H,11-12,15-21H2,1-7H3,(H,37,38)(H,39,44)(H,40,43)/t25-,26+,27-,29-,30+,31+/m0/s1. The van der Waals surface area contributed by atoms with Gasteiger partial charge in [0.2, 0.25) is 11.8 Å². The van der Waals surface area contributed by atoms with E-state index in [1.54, 1.807) is 6.33 Å². The van der Waals surface area contributed by atoms with Gasteiger partial charge in [0.05, 0.1) is 35.0 Å². The van der Waals surface area contributed by atoms with Crippen LogP contribution in [0, 0.1) is 18.8 Å². The molecule has 4 rings (SSSR count). The summed E-state index contributed by atoms with van der Waals surface area (Å²) in [7, 11) is -3.70. The minimum Gasteiger partial charge on any atom is -0.390 e. The van der Waals surface area contributed by atoms with E-state index in [1.807, 2.05) is 58.0 Å². The first-order chi connectivity index (χ1) is 22.0. The number of aromatic nitrogens is 2. The molecule has 262 valence electrons. The number of piperidine rings is 1. The van der Waals surface area contributed by atoms with Crippen LogP contribution in [-0.2, 0) is 32.4 Å². The van der Waals surface area contributed by atoms with E-state index >= 15 is 0 Å². The summed E-state index contributed by atoms with van der Waals surface area (Å²) in [6, 6.07) is 7.34. The third-order valence-corrected chi connectivity index (χ3v) is 12.3. The van der Waals surface area contributed by atoms with Crippen molar-refractivity contribution in [1.82, 2.24) is 30.8 Å². The van der Waals surface area contributed by atoms with Gasteiger partial charge in [0.25, 0.3) is 0 Å². The monoisotopic (exact) mass is 672 g/mol. The summed E-state index contributed by atoms with van der Waals surface area (Å²) in [5, 5.41) is 21.3. The van der Waals surface area contributed by atoms with Crippen LogP contribution < -0.4 is 16.0 Å². The molecule has 2 fully saturated rings. The van der Waals surface area contributed by atoms with E-state index in [-0.39, 0.29) is 25.0 Å². The van der Waals surface area contributed by atoms with Crippen molar-refractivity contribution >= 4 is 21.7 Å². The molecule has 0 unspecified atom stereocenters. The summed E-state index contributed by atoms with van der Waals surface area (Å²) in [6.45, 7) is 11.9. The van der Waals surface area contributed by atoms with E-state index in [4.69, 9.17) is 0 Å². The number of nitrogens with one attached hydrogen (secondary N) is 4. The number of fused-ring (bicyclic) bond motifs is 1. The lowest BCUT2D eigenvalue weighted by molar-refractivity contribution is -0.133. The van der Waals surface area contributed by atoms with Crippen molar-refractivity contribution in [2.45, 2.75) is 121 Å². The van der Waals surface area contributed by atoms with Crippen molar-refractivity contribution in [2.24, 2.45) is 11.8 Å². The van der Waals surface area contributed by atoms with Crippen LogP contribution >= 0.6 is 0 Å². The second-order valence-corrected chi connectivity index (χ2v) is 17.9. The number of benzene rings is 1. The summed E-state index contributed by atoms with van der Waals surface area (Å²) >= 11 is 0. The number of imidazole rings is 1. The van der Waals surface area contributed by atoms with Crippen molar-refractivity contribution in [3.05, 3.63) is 53.6 Å². The normalized spacial score (nSPS) is 22.9. The number of aliphatic hydroxyl groups excluding tert-OH is 1. The van der Waals surface area contributed by atoms with Gasteiger partial charge < -0.3 is 20.7 Å². The zero-order valence-electron chi connectivity index (χ0n) is 29.2. The largest absolute Gasteiger partial charge is 0.390 e. The number of amides is 2. The van der Waals surface area contributed by atoms with E-state index in [0.717, 1.165) is 36.8 Å². The molecule has 1 aliphatic heterocycles. The Morgan fingerprint density at radius 3 is 2.34 bits per heavy atom. The lowest BCUT2D eigenvalue weighted by atomic mass is 9.72. The number of sulfone groups is 1. The van der Waals surface area contributed by atoms with Crippen molar-refractivity contribution in [3.63, 3.8) is 0 Å². The predicted molar refractivity (Wildman–Crippen MR) is 184 cm³/mol. The number of rotatable bonds is 13. The molecule has 1 saturated carbocycles. The van der Waals surface area contributed by atoms with Crippen LogP contribution in [0.15, 0.2) is 36.7 Å². The number of carbonyl (C=O) groups excluding carboxylic acids is 2. The van der Waals surface area contributed by atoms with Crippen LogP contribution in [-0.4, -0.2) is 94.1 Å². The molecule has 1 saturated heterocycles. The molecule has 2 amide bonds. The van der Waals surface area contributed by atoms with Crippen LogP contribution in [0.4, 0.5) is 0 Å². The number of hydrogen-bond donors (Lipinski definition) is 5. The summed E-state index contributed by atoms with van der Waals surface area (Å²) in [4.78, 5) is 37.2. The molecule has 2 heterocycles. The Bertz CT molecular complexity index is 1450. The fourth-order valence-corrected chi connectivity index (χ4v) is 7.66. The number of likely N-dealkylation sites (tertiary alicyclic amines) is 1. The minimum atomic E-state index is -3.70. The molecule has 0 spiro atoms. The third kappa shape index (κ3) is 9.64. The first kappa shape index (κ1) is 37.0. The molecular weight excluding hydrogens is 616 g/mol. The van der Waals surface area contributed by atoms with Crippen LogP contribution in [0.25, 0.3) is 0 Å². The molecule has 5 N–H and O–H groups in total. The molecule has 12 heteroatoms. The summed E-state index contributed by atoms with van der Waals surface area (Å²) in [5.41, 5.74) is 2.03. The maximum absolute atomic E-state index is 14.1. The van der Waals surface area contributed by atoms with Gasteiger partial charge in [0, 0.05) is 37.1 Å². The average molecular weight is 673 g/mol. The van der Waals surface area contributed by atoms with Crippen LogP contribution in [0.2, 0.25) is 0 Å². The average Bonchev–Trinajstić information content (AvgIpc) is 3.39. The zero-order chi connectivity index (χ0) is 34.6. The van der Waals surface area contributed by atoms with Gasteiger partial charge in [-0.2, -0.15) is 0 Å². The number of H-pyrrole nitrogens is 1. The second kappa shape index (κ2) is 15.2. The van der Waals surface area contributed by atoms with Gasteiger partial charge in [-0.3, -0.25) is 19.8 Å². The Kier molecular flexibility index (Phi) is 12.0.